The molecule has 1 heterocycles. The third-order valence-electron chi connectivity index (χ3n) is 2.54. The average molecular weight is 441 g/mol. The standard InChI is InChI=1S/C12H11Br2NO5S/c1-19-11-5-10(8(13)4-9(11)14)15-21(17,18)12-3-2-7(6-16)20-12/h2-5,15-16H,6H2,1H3. The van der Waals surface area contributed by atoms with E-state index in [0.29, 0.717) is 20.4 Å². The molecule has 0 saturated heterocycles. The fourth-order valence-electron chi connectivity index (χ4n) is 1.55. The molecule has 0 bridgehead atoms. The van der Waals surface area contributed by atoms with Crippen LogP contribution >= 0.6 is 31.9 Å². The van der Waals surface area contributed by atoms with Crippen LogP contribution in [-0.2, 0) is 16.6 Å². The Balaban J connectivity index is 2.36. The van der Waals surface area contributed by atoms with Gasteiger partial charge in [-0.3, -0.25) is 4.72 Å². The number of hydrogen-bond donors (Lipinski definition) is 2. The van der Waals surface area contributed by atoms with Crippen molar-refractivity contribution in [2.24, 2.45) is 0 Å². The summed E-state index contributed by atoms with van der Waals surface area (Å²) in [6, 6.07) is 5.86. The van der Waals surface area contributed by atoms with Gasteiger partial charge >= 0.3 is 0 Å². The van der Waals surface area contributed by atoms with Gasteiger partial charge in [-0.1, -0.05) is 0 Å². The molecule has 0 spiro atoms. The number of methoxy groups -OCH3 is 1. The Bertz CT molecular complexity index is 757. The molecule has 0 aliphatic rings. The maximum absolute atomic E-state index is 12.2. The number of nitrogens with one attached hydrogen (secondary N) is 1. The summed E-state index contributed by atoms with van der Waals surface area (Å²) in [6.07, 6.45) is 0. The molecule has 1 aromatic carbocycles. The van der Waals surface area contributed by atoms with Crippen molar-refractivity contribution in [3.63, 3.8) is 0 Å². The monoisotopic (exact) mass is 439 g/mol. The lowest BCUT2D eigenvalue weighted by Gasteiger charge is -2.11. The van der Waals surface area contributed by atoms with E-state index in [1.54, 1.807) is 6.07 Å². The van der Waals surface area contributed by atoms with Gasteiger partial charge in [-0.25, -0.2) is 0 Å². The summed E-state index contributed by atoms with van der Waals surface area (Å²) in [4.78, 5) is 0. The molecule has 0 unspecified atom stereocenters. The summed E-state index contributed by atoms with van der Waals surface area (Å²) in [7, 11) is -2.41. The predicted octanol–water partition coefficient (Wildman–Crippen LogP) is 3.11. The summed E-state index contributed by atoms with van der Waals surface area (Å²) in [6.45, 7) is -0.370. The van der Waals surface area contributed by atoms with E-state index in [9.17, 15) is 8.42 Å². The molecule has 0 aliphatic heterocycles. The van der Waals surface area contributed by atoms with Crippen LogP contribution in [0, 0.1) is 0 Å². The SMILES string of the molecule is COc1cc(NS(=O)(=O)c2ccc(CO)o2)c(Br)cc1Br. The van der Waals surface area contributed by atoms with Crippen molar-refractivity contribution in [3.8, 4) is 5.75 Å². The molecule has 0 amide bonds. The summed E-state index contributed by atoms with van der Waals surface area (Å²) in [5, 5.41) is 8.63. The first-order valence-corrected chi connectivity index (χ1v) is 8.69. The summed E-state index contributed by atoms with van der Waals surface area (Å²) < 4.78 is 38.2. The molecule has 6 nitrogen and oxygen atoms in total. The third-order valence-corrected chi connectivity index (χ3v) is 5.06. The largest absolute Gasteiger partial charge is 0.495 e. The number of sulfonamides is 1. The Morgan fingerprint density at radius 3 is 2.57 bits per heavy atom. The Kier molecular flexibility index (Phi) is 4.97. The predicted molar refractivity (Wildman–Crippen MR) is 83.8 cm³/mol. The van der Waals surface area contributed by atoms with Gasteiger partial charge in [0.05, 0.1) is 17.3 Å². The van der Waals surface area contributed by atoms with Crippen molar-refractivity contribution in [1.29, 1.82) is 0 Å². The van der Waals surface area contributed by atoms with Gasteiger partial charge in [-0.05, 0) is 50.1 Å². The van der Waals surface area contributed by atoms with E-state index in [0.717, 1.165) is 0 Å². The molecule has 0 fully saturated rings. The normalized spacial score (nSPS) is 11.4. The van der Waals surface area contributed by atoms with E-state index in [-0.39, 0.29) is 17.5 Å². The van der Waals surface area contributed by atoms with Crippen molar-refractivity contribution in [2.75, 3.05) is 11.8 Å². The number of rotatable bonds is 5. The molecule has 1 aromatic heterocycles. The first-order valence-electron chi connectivity index (χ1n) is 5.63. The number of aliphatic hydroxyl groups is 1. The maximum Gasteiger partial charge on any atom is 0.295 e. The number of aliphatic hydroxyl groups excluding tert-OH is 1. The molecule has 0 radical (unpaired) electrons. The maximum atomic E-state index is 12.2. The van der Waals surface area contributed by atoms with Gasteiger partial charge < -0.3 is 14.3 Å². The lowest BCUT2D eigenvalue weighted by molar-refractivity contribution is 0.236. The van der Waals surface area contributed by atoms with Gasteiger partial charge in [0.2, 0.25) is 5.09 Å². The lowest BCUT2D eigenvalue weighted by Crippen LogP contribution is -2.12. The second-order valence-electron chi connectivity index (χ2n) is 3.95. The third kappa shape index (κ3) is 3.60. The van der Waals surface area contributed by atoms with Gasteiger partial charge in [0.25, 0.3) is 10.0 Å². The number of ether oxygens (including phenoxy) is 1. The van der Waals surface area contributed by atoms with E-state index < -0.39 is 10.0 Å². The van der Waals surface area contributed by atoms with Crippen molar-refractivity contribution in [1.82, 2.24) is 0 Å². The molecule has 9 heteroatoms. The van der Waals surface area contributed by atoms with Crippen LogP contribution < -0.4 is 9.46 Å². The average Bonchev–Trinajstić information content (AvgIpc) is 2.91. The van der Waals surface area contributed by atoms with E-state index >= 15 is 0 Å². The van der Waals surface area contributed by atoms with Gasteiger partial charge in [0.1, 0.15) is 18.1 Å². The number of halogens is 2. The Morgan fingerprint density at radius 2 is 2.00 bits per heavy atom. The van der Waals surface area contributed by atoms with E-state index in [1.165, 1.54) is 25.3 Å². The molecular formula is C12H11Br2NO5S. The van der Waals surface area contributed by atoms with Crippen molar-refractivity contribution in [2.45, 2.75) is 11.7 Å². The van der Waals surface area contributed by atoms with Crippen LogP contribution in [0.4, 0.5) is 5.69 Å². The summed E-state index contributed by atoms with van der Waals surface area (Å²) in [5.41, 5.74) is 0.303. The van der Waals surface area contributed by atoms with Gasteiger partial charge in [-0.15, -0.1) is 0 Å². The fraction of sp³-hybridized carbons (Fsp3) is 0.167. The van der Waals surface area contributed by atoms with Crippen LogP contribution in [0.5, 0.6) is 5.75 Å². The molecular weight excluding hydrogens is 430 g/mol. The molecule has 2 aromatic rings. The van der Waals surface area contributed by atoms with Crippen LogP contribution in [-0.4, -0.2) is 20.6 Å². The highest BCUT2D eigenvalue weighted by atomic mass is 79.9. The van der Waals surface area contributed by atoms with E-state index in [1.807, 2.05) is 0 Å². The zero-order valence-corrected chi connectivity index (χ0v) is 14.7. The van der Waals surface area contributed by atoms with Crippen LogP contribution in [0.2, 0.25) is 0 Å². The zero-order valence-electron chi connectivity index (χ0n) is 10.8. The van der Waals surface area contributed by atoms with Crippen molar-refractivity contribution < 1.29 is 22.7 Å². The van der Waals surface area contributed by atoms with Crippen LogP contribution in [0.3, 0.4) is 0 Å². The van der Waals surface area contributed by atoms with E-state index in [2.05, 4.69) is 36.6 Å². The molecule has 21 heavy (non-hydrogen) atoms. The quantitative estimate of drug-likeness (QED) is 0.745. The molecule has 0 saturated carbocycles. The number of benzene rings is 1. The van der Waals surface area contributed by atoms with Crippen molar-refractivity contribution in [3.05, 3.63) is 39.0 Å². The number of anilines is 1. The molecule has 0 aliphatic carbocycles. The first kappa shape index (κ1) is 16.3. The second-order valence-corrected chi connectivity index (χ2v) is 7.27. The highest BCUT2D eigenvalue weighted by Gasteiger charge is 2.21. The van der Waals surface area contributed by atoms with Gasteiger partial charge in [-0.2, -0.15) is 8.42 Å². The Morgan fingerprint density at radius 1 is 1.29 bits per heavy atom. The van der Waals surface area contributed by atoms with Gasteiger partial charge in [0, 0.05) is 10.5 Å². The number of furan rings is 1. The molecule has 114 valence electrons. The summed E-state index contributed by atoms with van der Waals surface area (Å²) in [5.74, 6) is 0.647. The zero-order chi connectivity index (χ0) is 15.6. The van der Waals surface area contributed by atoms with Gasteiger partial charge in [0.15, 0.2) is 0 Å². The molecule has 2 rings (SSSR count). The lowest BCUT2D eigenvalue weighted by atomic mass is 10.3. The highest BCUT2D eigenvalue weighted by molar-refractivity contribution is 9.11. The Hall–Kier alpha value is -1.03. The fourth-order valence-corrected chi connectivity index (χ4v) is 3.96. The number of hydrogen-bond acceptors (Lipinski definition) is 5. The summed E-state index contributed by atoms with van der Waals surface area (Å²) >= 11 is 6.57. The van der Waals surface area contributed by atoms with Crippen molar-refractivity contribution >= 4 is 47.6 Å². The van der Waals surface area contributed by atoms with Crippen LogP contribution in [0.15, 0.2) is 42.7 Å². The van der Waals surface area contributed by atoms with E-state index in [4.69, 9.17) is 14.3 Å². The molecule has 0 atom stereocenters. The van der Waals surface area contributed by atoms with Crippen LogP contribution in [0.25, 0.3) is 0 Å². The highest BCUT2D eigenvalue weighted by Crippen LogP contribution is 2.35. The smallest absolute Gasteiger partial charge is 0.295 e. The second kappa shape index (κ2) is 6.39. The first-order chi connectivity index (χ1) is 9.87. The topological polar surface area (TPSA) is 88.8 Å². The molecule has 2 N–H and O–H groups in total. The minimum Gasteiger partial charge on any atom is -0.495 e. The van der Waals surface area contributed by atoms with Crippen LogP contribution in [0.1, 0.15) is 5.76 Å². The minimum atomic E-state index is -3.89. The minimum absolute atomic E-state index is 0.169. The Labute approximate surface area is 138 Å².